The van der Waals surface area contributed by atoms with Gasteiger partial charge in [-0.3, -0.25) is 0 Å². The highest BCUT2D eigenvalue weighted by atomic mass is 32.1. The Hall–Kier alpha value is -0.610. The van der Waals surface area contributed by atoms with E-state index in [-0.39, 0.29) is 0 Å². The normalized spacial score (nSPS) is 11.1. The Bertz CT molecular complexity index is 294. The quantitative estimate of drug-likeness (QED) is 0.795. The SMILES string of the molecule is CCNCc1cnc(N(C)C(CC)CC)s1. The first-order valence-electron chi connectivity index (χ1n) is 6.11. The van der Waals surface area contributed by atoms with Crippen molar-refractivity contribution >= 4 is 16.5 Å². The molecule has 0 aliphatic heterocycles. The van der Waals surface area contributed by atoms with Gasteiger partial charge in [0.05, 0.1) is 0 Å². The molecular weight excluding hydrogens is 218 g/mol. The molecule has 0 aromatic carbocycles. The molecule has 0 aliphatic carbocycles. The van der Waals surface area contributed by atoms with Crippen LogP contribution in [0.25, 0.3) is 0 Å². The largest absolute Gasteiger partial charge is 0.348 e. The van der Waals surface area contributed by atoms with Gasteiger partial charge in [-0.1, -0.05) is 20.8 Å². The van der Waals surface area contributed by atoms with Crippen LogP contribution in [0.3, 0.4) is 0 Å². The molecule has 4 heteroatoms. The molecule has 0 bridgehead atoms. The molecule has 1 aromatic rings. The third-order valence-corrected chi connectivity index (χ3v) is 3.97. The Balaban J connectivity index is 2.61. The summed E-state index contributed by atoms with van der Waals surface area (Å²) >= 11 is 1.79. The summed E-state index contributed by atoms with van der Waals surface area (Å²) in [5.41, 5.74) is 0. The third kappa shape index (κ3) is 3.46. The Kier molecular flexibility index (Phi) is 5.77. The molecule has 1 aromatic heterocycles. The van der Waals surface area contributed by atoms with Gasteiger partial charge in [0.1, 0.15) is 0 Å². The van der Waals surface area contributed by atoms with Gasteiger partial charge in [0.25, 0.3) is 0 Å². The van der Waals surface area contributed by atoms with Gasteiger partial charge in [0.15, 0.2) is 5.13 Å². The molecule has 0 aliphatic rings. The van der Waals surface area contributed by atoms with Gasteiger partial charge in [0, 0.05) is 30.7 Å². The summed E-state index contributed by atoms with van der Waals surface area (Å²) in [6.45, 7) is 8.54. The second kappa shape index (κ2) is 6.86. The van der Waals surface area contributed by atoms with Crippen LogP contribution >= 0.6 is 11.3 Å². The molecule has 0 unspecified atom stereocenters. The maximum atomic E-state index is 4.49. The van der Waals surface area contributed by atoms with E-state index >= 15 is 0 Å². The van der Waals surface area contributed by atoms with Gasteiger partial charge < -0.3 is 10.2 Å². The van der Waals surface area contributed by atoms with Crippen LogP contribution in [0.2, 0.25) is 0 Å². The first-order chi connectivity index (χ1) is 7.72. The van der Waals surface area contributed by atoms with E-state index in [4.69, 9.17) is 0 Å². The lowest BCUT2D eigenvalue weighted by Crippen LogP contribution is -2.30. The molecule has 92 valence electrons. The number of thiazole rings is 1. The number of nitrogens with zero attached hydrogens (tertiary/aromatic N) is 2. The minimum atomic E-state index is 0.609. The summed E-state index contributed by atoms with van der Waals surface area (Å²) < 4.78 is 0. The van der Waals surface area contributed by atoms with Crippen molar-refractivity contribution in [1.29, 1.82) is 0 Å². The van der Waals surface area contributed by atoms with Crippen LogP contribution in [0.15, 0.2) is 6.20 Å². The van der Waals surface area contributed by atoms with E-state index in [1.165, 1.54) is 17.7 Å². The van der Waals surface area contributed by atoms with Crippen molar-refractivity contribution in [2.45, 2.75) is 46.2 Å². The van der Waals surface area contributed by atoms with Crippen molar-refractivity contribution < 1.29 is 0 Å². The zero-order chi connectivity index (χ0) is 12.0. The van der Waals surface area contributed by atoms with Gasteiger partial charge >= 0.3 is 0 Å². The van der Waals surface area contributed by atoms with Crippen LogP contribution in [0.1, 0.15) is 38.5 Å². The van der Waals surface area contributed by atoms with Crippen LogP contribution in [-0.4, -0.2) is 24.6 Å². The lowest BCUT2D eigenvalue weighted by Gasteiger charge is -2.25. The van der Waals surface area contributed by atoms with E-state index in [1.807, 2.05) is 6.20 Å². The number of hydrogen-bond acceptors (Lipinski definition) is 4. The Morgan fingerprint density at radius 1 is 1.38 bits per heavy atom. The summed E-state index contributed by atoms with van der Waals surface area (Å²) in [6.07, 6.45) is 4.34. The molecule has 0 atom stereocenters. The zero-order valence-corrected chi connectivity index (χ0v) is 11.6. The van der Waals surface area contributed by atoms with Crippen molar-refractivity contribution in [2.24, 2.45) is 0 Å². The molecule has 0 spiro atoms. The fourth-order valence-electron chi connectivity index (χ4n) is 1.78. The van der Waals surface area contributed by atoms with Gasteiger partial charge in [-0.15, -0.1) is 11.3 Å². The maximum absolute atomic E-state index is 4.49. The fraction of sp³-hybridized carbons (Fsp3) is 0.750. The second-order valence-corrected chi connectivity index (χ2v) is 5.06. The average molecular weight is 241 g/mol. The average Bonchev–Trinajstić information content (AvgIpc) is 2.76. The van der Waals surface area contributed by atoms with E-state index in [9.17, 15) is 0 Å². The van der Waals surface area contributed by atoms with E-state index in [0.29, 0.717) is 6.04 Å². The lowest BCUT2D eigenvalue weighted by atomic mass is 10.1. The molecular formula is C12H23N3S. The van der Waals surface area contributed by atoms with Crippen LogP contribution in [0.5, 0.6) is 0 Å². The molecule has 0 saturated heterocycles. The summed E-state index contributed by atoms with van der Waals surface area (Å²) in [7, 11) is 2.15. The lowest BCUT2D eigenvalue weighted by molar-refractivity contribution is 0.590. The fourth-order valence-corrected chi connectivity index (χ4v) is 2.70. The Morgan fingerprint density at radius 2 is 2.06 bits per heavy atom. The molecule has 0 amide bonds. The van der Waals surface area contributed by atoms with Gasteiger partial charge in [-0.2, -0.15) is 0 Å². The number of hydrogen-bond donors (Lipinski definition) is 1. The first kappa shape index (κ1) is 13.5. The van der Waals surface area contributed by atoms with E-state index in [1.54, 1.807) is 11.3 Å². The Labute approximate surface area is 103 Å². The van der Waals surface area contributed by atoms with Crippen LogP contribution in [0, 0.1) is 0 Å². The zero-order valence-electron chi connectivity index (χ0n) is 10.8. The molecule has 0 fully saturated rings. The monoisotopic (exact) mass is 241 g/mol. The second-order valence-electron chi connectivity index (χ2n) is 3.97. The summed E-state index contributed by atoms with van der Waals surface area (Å²) in [4.78, 5) is 8.11. The highest BCUT2D eigenvalue weighted by Gasteiger charge is 2.14. The minimum Gasteiger partial charge on any atom is -0.348 e. The summed E-state index contributed by atoms with van der Waals surface area (Å²) in [5, 5.41) is 4.47. The predicted octanol–water partition coefficient (Wildman–Crippen LogP) is 2.88. The van der Waals surface area contributed by atoms with Crippen LogP contribution < -0.4 is 10.2 Å². The van der Waals surface area contributed by atoms with Gasteiger partial charge in [-0.25, -0.2) is 4.98 Å². The van der Waals surface area contributed by atoms with Gasteiger partial charge in [-0.05, 0) is 19.4 Å². The minimum absolute atomic E-state index is 0.609. The predicted molar refractivity (Wildman–Crippen MR) is 72.3 cm³/mol. The van der Waals surface area contributed by atoms with Gasteiger partial charge in [0.2, 0.25) is 0 Å². The summed E-state index contributed by atoms with van der Waals surface area (Å²) in [6, 6.07) is 0.609. The molecule has 3 nitrogen and oxygen atoms in total. The van der Waals surface area contributed by atoms with Crippen molar-refractivity contribution in [3.63, 3.8) is 0 Å². The molecule has 0 saturated carbocycles. The van der Waals surface area contributed by atoms with Crippen molar-refractivity contribution in [3.05, 3.63) is 11.1 Å². The highest BCUT2D eigenvalue weighted by Crippen LogP contribution is 2.24. The maximum Gasteiger partial charge on any atom is 0.185 e. The standard InChI is InChI=1S/C12H23N3S/c1-5-10(6-2)15(4)12-14-9-11(16-12)8-13-7-3/h9-10,13H,5-8H2,1-4H3. The number of aromatic nitrogens is 1. The van der Waals surface area contributed by atoms with E-state index in [2.05, 4.69) is 43.0 Å². The Morgan fingerprint density at radius 3 is 2.62 bits per heavy atom. The van der Waals surface area contributed by atoms with E-state index < -0.39 is 0 Å². The number of nitrogens with one attached hydrogen (secondary N) is 1. The molecule has 1 rings (SSSR count). The summed E-state index contributed by atoms with van der Waals surface area (Å²) in [5.74, 6) is 0. The van der Waals surface area contributed by atoms with Crippen molar-refractivity contribution in [1.82, 2.24) is 10.3 Å². The smallest absolute Gasteiger partial charge is 0.185 e. The number of rotatable bonds is 7. The number of anilines is 1. The van der Waals surface area contributed by atoms with Crippen molar-refractivity contribution in [3.8, 4) is 0 Å². The van der Waals surface area contributed by atoms with E-state index in [0.717, 1.165) is 18.2 Å². The topological polar surface area (TPSA) is 28.2 Å². The van der Waals surface area contributed by atoms with Crippen LogP contribution in [0.4, 0.5) is 5.13 Å². The van der Waals surface area contributed by atoms with Crippen molar-refractivity contribution in [2.75, 3.05) is 18.5 Å². The molecule has 0 radical (unpaired) electrons. The van der Waals surface area contributed by atoms with Crippen LogP contribution in [-0.2, 0) is 6.54 Å². The third-order valence-electron chi connectivity index (χ3n) is 2.88. The molecule has 16 heavy (non-hydrogen) atoms. The first-order valence-corrected chi connectivity index (χ1v) is 6.92. The molecule has 1 heterocycles. The molecule has 1 N–H and O–H groups in total. The highest BCUT2D eigenvalue weighted by molar-refractivity contribution is 7.15.